The van der Waals surface area contributed by atoms with Crippen LogP contribution in [0, 0.1) is 5.95 Å². The van der Waals surface area contributed by atoms with Gasteiger partial charge in [-0.15, -0.1) is 0 Å². The van der Waals surface area contributed by atoms with E-state index in [0.717, 1.165) is 6.07 Å². The molecule has 128 valence electrons. The summed E-state index contributed by atoms with van der Waals surface area (Å²) in [6.07, 6.45) is 1.50. The first-order valence-electron chi connectivity index (χ1n) is 6.79. The first-order chi connectivity index (χ1) is 11.9. The molecule has 0 aliphatic heterocycles. The molecule has 3 aromatic rings. The highest BCUT2D eigenvalue weighted by Gasteiger charge is 2.19. The van der Waals surface area contributed by atoms with Gasteiger partial charge in [0, 0.05) is 11.8 Å². The molecule has 25 heavy (non-hydrogen) atoms. The Morgan fingerprint density at radius 2 is 1.80 bits per heavy atom. The molecular formula is C15H9Cl2FN4O2S. The first kappa shape index (κ1) is 17.5. The van der Waals surface area contributed by atoms with Crippen molar-refractivity contribution in [2.24, 2.45) is 0 Å². The van der Waals surface area contributed by atoms with Crippen molar-refractivity contribution in [3.05, 3.63) is 64.8 Å². The van der Waals surface area contributed by atoms with Crippen LogP contribution in [0.15, 0.2) is 53.7 Å². The molecule has 1 N–H and O–H groups in total. The number of rotatable bonds is 4. The number of pyridine rings is 3. The zero-order valence-corrected chi connectivity index (χ0v) is 14.6. The number of sulfonamides is 1. The predicted molar refractivity (Wildman–Crippen MR) is 92.5 cm³/mol. The van der Waals surface area contributed by atoms with Gasteiger partial charge in [-0.25, -0.2) is 15.0 Å². The summed E-state index contributed by atoms with van der Waals surface area (Å²) in [5.41, 5.74) is 0.700. The number of aromatic nitrogens is 3. The topological polar surface area (TPSA) is 84.8 Å². The van der Waals surface area contributed by atoms with Crippen LogP contribution < -0.4 is 4.72 Å². The van der Waals surface area contributed by atoms with Crippen LogP contribution in [0.25, 0.3) is 11.3 Å². The van der Waals surface area contributed by atoms with E-state index in [1.807, 2.05) is 0 Å². The van der Waals surface area contributed by atoms with Gasteiger partial charge in [-0.3, -0.25) is 4.72 Å². The lowest BCUT2D eigenvalue weighted by atomic mass is 10.2. The minimum atomic E-state index is -4.11. The smallest absolute Gasteiger partial charge is 0.262 e. The molecule has 0 aromatic carbocycles. The second kappa shape index (κ2) is 6.91. The van der Waals surface area contributed by atoms with E-state index in [4.69, 9.17) is 23.2 Å². The van der Waals surface area contributed by atoms with E-state index in [9.17, 15) is 12.8 Å². The maximum atomic E-state index is 13.2. The van der Waals surface area contributed by atoms with E-state index in [2.05, 4.69) is 19.7 Å². The summed E-state index contributed by atoms with van der Waals surface area (Å²) in [6.45, 7) is 0. The molecule has 0 aliphatic carbocycles. The number of anilines is 1. The van der Waals surface area contributed by atoms with Gasteiger partial charge >= 0.3 is 0 Å². The van der Waals surface area contributed by atoms with E-state index in [0.29, 0.717) is 5.56 Å². The van der Waals surface area contributed by atoms with Gasteiger partial charge in [-0.05, 0) is 36.4 Å². The molecule has 0 bridgehead atoms. The minimum absolute atomic E-state index is 0.0228. The van der Waals surface area contributed by atoms with Crippen molar-refractivity contribution >= 4 is 39.0 Å². The average Bonchev–Trinajstić information content (AvgIpc) is 2.57. The largest absolute Gasteiger partial charge is 0.280 e. The van der Waals surface area contributed by atoms with Gasteiger partial charge in [0.1, 0.15) is 11.0 Å². The van der Waals surface area contributed by atoms with E-state index in [1.165, 1.54) is 30.5 Å². The second-order valence-electron chi connectivity index (χ2n) is 4.77. The third kappa shape index (κ3) is 3.87. The summed E-state index contributed by atoms with van der Waals surface area (Å²) in [7, 11) is -4.11. The highest BCUT2D eigenvalue weighted by Crippen LogP contribution is 2.31. The fourth-order valence-corrected chi connectivity index (χ4v) is 3.35. The van der Waals surface area contributed by atoms with Crippen molar-refractivity contribution in [2.45, 2.75) is 5.03 Å². The lowest BCUT2D eigenvalue weighted by molar-refractivity contribution is 0.558. The fourth-order valence-electron chi connectivity index (χ4n) is 1.98. The lowest BCUT2D eigenvalue weighted by Gasteiger charge is -2.10. The van der Waals surface area contributed by atoms with Crippen molar-refractivity contribution in [2.75, 3.05) is 4.72 Å². The van der Waals surface area contributed by atoms with Crippen molar-refractivity contribution in [3.8, 4) is 11.3 Å². The summed E-state index contributed by atoms with van der Waals surface area (Å²) in [5, 5.41) is -0.0318. The van der Waals surface area contributed by atoms with Gasteiger partial charge in [0.2, 0.25) is 5.95 Å². The molecule has 6 nitrogen and oxygen atoms in total. The Hall–Kier alpha value is -2.29. The number of nitrogens with one attached hydrogen (secondary N) is 1. The minimum Gasteiger partial charge on any atom is -0.262 e. The van der Waals surface area contributed by atoms with Gasteiger partial charge in [0.15, 0.2) is 5.03 Å². The monoisotopic (exact) mass is 398 g/mol. The van der Waals surface area contributed by atoms with Gasteiger partial charge in [-0.1, -0.05) is 29.3 Å². The first-order valence-corrected chi connectivity index (χ1v) is 9.03. The molecule has 3 heterocycles. The van der Waals surface area contributed by atoms with Crippen LogP contribution in [-0.4, -0.2) is 23.4 Å². The Morgan fingerprint density at radius 1 is 1.00 bits per heavy atom. The normalized spacial score (nSPS) is 11.3. The van der Waals surface area contributed by atoms with Gasteiger partial charge < -0.3 is 0 Å². The summed E-state index contributed by atoms with van der Waals surface area (Å²) in [4.78, 5) is 11.5. The van der Waals surface area contributed by atoms with E-state index in [-0.39, 0.29) is 21.7 Å². The molecule has 3 rings (SSSR count). The molecule has 10 heteroatoms. The Labute approximate surface area is 152 Å². The number of halogens is 3. The third-order valence-corrected chi connectivity index (χ3v) is 4.93. The Kier molecular flexibility index (Phi) is 4.85. The van der Waals surface area contributed by atoms with Crippen molar-refractivity contribution in [1.82, 2.24) is 15.0 Å². The Balaban J connectivity index is 2.00. The molecular weight excluding hydrogens is 390 g/mol. The molecule has 0 spiro atoms. The molecule has 0 radical (unpaired) electrons. The highest BCUT2D eigenvalue weighted by molar-refractivity contribution is 7.92. The molecule has 0 fully saturated rings. The zero-order chi connectivity index (χ0) is 18.0. The number of hydrogen-bond donors (Lipinski definition) is 1. The van der Waals surface area contributed by atoms with Crippen molar-refractivity contribution < 1.29 is 12.8 Å². The maximum absolute atomic E-state index is 13.2. The molecule has 0 saturated heterocycles. The molecule has 0 saturated carbocycles. The predicted octanol–water partition coefficient (Wildman–Crippen LogP) is 3.79. The van der Waals surface area contributed by atoms with E-state index >= 15 is 0 Å². The van der Waals surface area contributed by atoms with Crippen LogP contribution >= 0.6 is 23.2 Å². The SMILES string of the molecule is O=S(=O)(Nc1ccc(Cl)c(-c2cccnc2Cl)n1)c1cccc(F)n1. The van der Waals surface area contributed by atoms with Crippen LogP contribution in [0.5, 0.6) is 0 Å². The quantitative estimate of drug-likeness (QED) is 0.675. The Bertz CT molecular complexity index is 1050. The summed E-state index contributed by atoms with van der Waals surface area (Å²) in [5.74, 6) is -0.930. The standard InChI is InChI=1S/C15H9Cl2FN4O2S/c16-10-6-7-12(21-14(10)9-3-2-8-19-15(9)17)22-25(23,24)13-5-1-4-11(18)20-13/h1-8H,(H,21,22). The summed E-state index contributed by atoms with van der Waals surface area (Å²) >= 11 is 12.2. The molecule has 3 aromatic heterocycles. The Morgan fingerprint density at radius 3 is 2.52 bits per heavy atom. The second-order valence-corrected chi connectivity index (χ2v) is 7.17. The van der Waals surface area contributed by atoms with Crippen LogP contribution in [0.4, 0.5) is 10.2 Å². The van der Waals surface area contributed by atoms with E-state index in [1.54, 1.807) is 12.1 Å². The van der Waals surface area contributed by atoms with Crippen LogP contribution in [0.2, 0.25) is 10.2 Å². The zero-order valence-electron chi connectivity index (χ0n) is 12.3. The molecule has 0 atom stereocenters. The highest BCUT2D eigenvalue weighted by atomic mass is 35.5. The number of hydrogen-bond acceptors (Lipinski definition) is 5. The fraction of sp³-hybridized carbons (Fsp3) is 0. The van der Waals surface area contributed by atoms with Crippen molar-refractivity contribution in [3.63, 3.8) is 0 Å². The van der Waals surface area contributed by atoms with Crippen molar-refractivity contribution in [1.29, 1.82) is 0 Å². The molecule has 0 aliphatic rings. The van der Waals surface area contributed by atoms with Crippen LogP contribution in [-0.2, 0) is 10.0 Å². The molecule has 0 unspecified atom stereocenters. The van der Waals surface area contributed by atoms with Crippen LogP contribution in [0.3, 0.4) is 0 Å². The summed E-state index contributed by atoms with van der Waals surface area (Å²) < 4.78 is 40.0. The van der Waals surface area contributed by atoms with Gasteiger partial charge in [0.25, 0.3) is 10.0 Å². The van der Waals surface area contributed by atoms with Gasteiger partial charge in [0.05, 0.1) is 10.7 Å². The maximum Gasteiger partial charge on any atom is 0.280 e. The molecule has 0 amide bonds. The number of nitrogens with zero attached hydrogens (tertiary/aromatic N) is 3. The lowest BCUT2D eigenvalue weighted by Crippen LogP contribution is -2.16. The summed E-state index contributed by atoms with van der Waals surface area (Å²) in [6, 6.07) is 9.58. The average molecular weight is 399 g/mol. The van der Waals surface area contributed by atoms with Gasteiger partial charge in [-0.2, -0.15) is 12.8 Å². The van der Waals surface area contributed by atoms with E-state index < -0.39 is 21.0 Å². The van der Waals surface area contributed by atoms with Crippen LogP contribution in [0.1, 0.15) is 0 Å². The third-order valence-electron chi connectivity index (χ3n) is 3.06.